The van der Waals surface area contributed by atoms with Crippen LogP contribution in [0.1, 0.15) is 35.2 Å². The molecule has 1 saturated carbocycles. The molecule has 1 unspecified atom stereocenters. The molecule has 1 aromatic carbocycles. The molecular weight excluding hydrogens is 376 g/mol. The van der Waals surface area contributed by atoms with Crippen LogP contribution in [0.2, 0.25) is 0 Å². The second-order valence-corrected chi connectivity index (χ2v) is 7.42. The van der Waals surface area contributed by atoms with Crippen molar-refractivity contribution in [1.29, 1.82) is 0 Å². The lowest BCUT2D eigenvalue weighted by atomic mass is 10.1. The van der Waals surface area contributed by atoms with Gasteiger partial charge in [0, 0.05) is 30.1 Å². The first-order valence-electron chi connectivity index (χ1n) is 8.87. The Morgan fingerprint density at radius 3 is 2.41 bits per heavy atom. The highest BCUT2D eigenvalue weighted by Gasteiger charge is 2.23. The number of hydrogen-bond acceptors (Lipinski definition) is 3. The van der Waals surface area contributed by atoms with E-state index in [0.717, 1.165) is 29.8 Å². The molecule has 2 aromatic rings. The van der Waals surface area contributed by atoms with Crippen molar-refractivity contribution in [3.63, 3.8) is 0 Å². The summed E-state index contributed by atoms with van der Waals surface area (Å²) in [6.45, 7) is 1.70. The van der Waals surface area contributed by atoms with Crippen LogP contribution < -0.4 is 14.9 Å². The predicted octanol–water partition coefficient (Wildman–Crippen LogP) is 4.84. The maximum atomic E-state index is 12.6. The van der Waals surface area contributed by atoms with Crippen molar-refractivity contribution in [3.05, 3.63) is 57.5 Å². The summed E-state index contributed by atoms with van der Waals surface area (Å²) in [7, 11) is 0. The van der Waals surface area contributed by atoms with Gasteiger partial charge in [-0.15, -0.1) is 11.6 Å². The number of aryl methyl sites for hydroxylation is 2. The Kier molecular flexibility index (Phi) is 6.05. The van der Waals surface area contributed by atoms with Gasteiger partial charge < -0.3 is 14.0 Å². The van der Waals surface area contributed by atoms with Gasteiger partial charge in [-0.25, -0.2) is 0 Å². The quantitative estimate of drug-likeness (QED) is 0.599. The maximum absolute atomic E-state index is 12.6. The lowest BCUT2D eigenvalue weighted by molar-refractivity contribution is -0.0515. The third-order valence-electron chi connectivity index (χ3n) is 4.61. The molecule has 1 fully saturated rings. The fourth-order valence-electron chi connectivity index (χ4n) is 2.96. The number of aromatic nitrogens is 1. The molecule has 4 nitrogen and oxygen atoms in total. The molecule has 1 aliphatic carbocycles. The van der Waals surface area contributed by atoms with Crippen LogP contribution in [0.25, 0.3) is 0 Å². The number of rotatable bonds is 8. The van der Waals surface area contributed by atoms with Crippen LogP contribution >= 0.6 is 11.6 Å². The predicted molar refractivity (Wildman–Crippen MR) is 100 cm³/mol. The van der Waals surface area contributed by atoms with E-state index in [1.165, 1.54) is 6.07 Å². The van der Waals surface area contributed by atoms with Gasteiger partial charge in [0.2, 0.25) is 0 Å². The highest BCUT2D eigenvalue weighted by molar-refractivity contribution is 6.20. The summed E-state index contributed by atoms with van der Waals surface area (Å²) in [5, 5.41) is -0.422. The molecule has 1 aliphatic rings. The van der Waals surface area contributed by atoms with E-state index in [-0.39, 0.29) is 16.9 Å². The highest BCUT2D eigenvalue weighted by atomic mass is 35.5. The van der Waals surface area contributed by atoms with Gasteiger partial charge in [0.25, 0.3) is 0 Å². The zero-order chi connectivity index (χ0) is 19.6. The van der Waals surface area contributed by atoms with E-state index in [2.05, 4.69) is 4.74 Å². The fourth-order valence-corrected chi connectivity index (χ4v) is 3.23. The number of pyridine rings is 1. The van der Waals surface area contributed by atoms with Gasteiger partial charge in [-0.1, -0.05) is 6.07 Å². The van der Waals surface area contributed by atoms with Crippen LogP contribution in [0, 0.1) is 19.8 Å². The third-order valence-corrected chi connectivity index (χ3v) is 5.00. The first kappa shape index (κ1) is 19.7. The Hall–Kier alpha value is -2.08. The van der Waals surface area contributed by atoms with Gasteiger partial charge in [-0.05, 0) is 50.3 Å². The monoisotopic (exact) mass is 397 g/mol. The second kappa shape index (κ2) is 8.30. The van der Waals surface area contributed by atoms with Crippen LogP contribution in [-0.2, 0) is 6.54 Å². The molecule has 0 N–H and O–H groups in total. The van der Waals surface area contributed by atoms with E-state index < -0.39 is 12.0 Å². The van der Waals surface area contributed by atoms with Gasteiger partial charge in [0.1, 0.15) is 0 Å². The lowest BCUT2D eigenvalue weighted by Gasteiger charge is -2.19. The number of halogens is 3. The average molecular weight is 398 g/mol. The Labute approximate surface area is 161 Å². The molecule has 0 bridgehead atoms. The van der Waals surface area contributed by atoms with Crippen molar-refractivity contribution in [2.24, 2.45) is 5.92 Å². The van der Waals surface area contributed by atoms with Gasteiger partial charge >= 0.3 is 6.61 Å². The van der Waals surface area contributed by atoms with Gasteiger partial charge in [-0.2, -0.15) is 8.78 Å². The van der Waals surface area contributed by atoms with E-state index >= 15 is 0 Å². The summed E-state index contributed by atoms with van der Waals surface area (Å²) >= 11 is 6.59. The first-order chi connectivity index (χ1) is 12.8. The molecule has 1 atom stereocenters. The standard InChI is InChI=1S/C20H22ClF2NO3/c1-12-7-16(25)8-13(2)24(12)10-17(21)15-5-6-18(27-20(22)23)19(9-15)26-11-14-3-4-14/h5-9,14,17,20H,3-4,10-11H2,1-2H3. The van der Waals surface area contributed by atoms with Crippen LogP contribution in [0.15, 0.2) is 35.1 Å². The van der Waals surface area contributed by atoms with E-state index in [1.807, 2.05) is 18.4 Å². The van der Waals surface area contributed by atoms with Gasteiger partial charge in [0.15, 0.2) is 16.9 Å². The largest absolute Gasteiger partial charge is 0.489 e. The molecule has 0 saturated heterocycles. The molecule has 0 radical (unpaired) electrons. The Morgan fingerprint density at radius 1 is 1.15 bits per heavy atom. The lowest BCUT2D eigenvalue weighted by Crippen LogP contribution is -2.15. The molecule has 146 valence electrons. The number of hydrogen-bond donors (Lipinski definition) is 0. The zero-order valence-electron chi connectivity index (χ0n) is 15.3. The van der Waals surface area contributed by atoms with Crippen LogP contribution in [-0.4, -0.2) is 17.8 Å². The molecule has 27 heavy (non-hydrogen) atoms. The SMILES string of the molecule is Cc1cc(=O)cc(C)n1CC(Cl)c1ccc(OC(F)F)c(OCC2CC2)c1. The summed E-state index contributed by atoms with van der Waals surface area (Å²) in [6.07, 6.45) is 2.18. The molecule has 3 rings (SSSR count). The molecule has 7 heteroatoms. The summed E-state index contributed by atoms with van der Waals surface area (Å²) in [4.78, 5) is 11.6. The Morgan fingerprint density at radius 2 is 1.81 bits per heavy atom. The normalized spacial score (nSPS) is 15.0. The smallest absolute Gasteiger partial charge is 0.387 e. The van der Waals surface area contributed by atoms with Crippen molar-refractivity contribution in [2.45, 2.75) is 45.2 Å². The summed E-state index contributed by atoms with van der Waals surface area (Å²) < 4.78 is 37.5. The van der Waals surface area contributed by atoms with Crippen molar-refractivity contribution >= 4 is 11.6 Å². The minimum absolute atomic E-state index is 0.00832. The minimum atomic E-state index is -2.92. The Balaban J connectivity index is 1.82. The van der Waals surface area contributed by atoms with Crippen LogP contribution in [0.3, 0.4) is 0 Å². The molecule has 0 spiro atoms. The number of alkyl halides is 3. The third kappa shape index (κ3) is 5.22. The van der Waals surface area contributed by atoms with E-state index in [4.69, 9.17) is 16.3 Å². The van der Waals surface area contributed by atoms with E-state index in [9.17, 15) is 13.6 Å². The van der Waals surface area contributed by atoms with Crippen molar-refractivity contribution < 1.29 is 18.3 Å². The molecule has 1 aromatic heterocycles. The van der Waals surface area contributed by atoms with Crippen molar-refractivity contribution in [2.75, 3.05) is 6.61 Å². The molecule has 0 amide bonds. The second-order valence-electron chi connectivity index (χ2n) is 6.89. The fraction of sp³-hybridized carbons (Fsp3) is 0.450. The topological polar surface area (TPSA) is 40.5 Å². The van der Waals surface area contributed by atoms with Crippen LogP contribution in [0.5, 0.6) is 11.5 Å². The van der Waals surface area contributed by atoms with Gasteiger partial charge in [0.05, 0.1) is 12.0 Å². The average Bonchev–Trinajstić information content (AvgIpc) is 3.40. The first-order valence-corrected chi connectivity index (χ1v) is 9.31. The van der Waals surface area contributed by atoms with Crippen molar-refractivity contribution in [3.8, 4) is 11.5 Å². The number of nitrogens with zero attached hydrogens (tertiary/aromatic N) is 1. The van der Waals surface area contributed by atoms with E-state index in [0.29, 0.717) is 19.1 Å². The van der Waals surface area contributed by atoms with Crippen LogP contribution in [0.4, 0.5) is 8.78 Å². The summed E-state index contributed by atoms with van der Waals surface area (Å²) in [6, 6.07) is 7.89. The molecule has 0 aliphatic heterocycles. The number of benzene rings is 1. The van der Waals surface area contributed by atoms with E-state index in [1.54, 1.807) is 24.3 Å². The zero-order valence-corrected chi connectivity index (χ0v) is 16.0. The Bertz CT molecular complexity index is 839. The molecular formula is C20H22ClF2NO3. The summed E-state index contributed by atoms with van der Waals surface area (Å²) in [5.41, 5.74) is 2.32. The van der Waals surface area contributed by atoms with Crippen molar-refractivity contribution in [1.82, 2.24) is 4.57 Å². The maximum Gasteiger partial charge on any atom is 0.387 e. The number of ether oxygens (including phenoxy) is 2. The minimum Gasteiger partial charge on any atom is -0.489 e. The molecule has 1 heterocycles. The highest BCUT2D eigenvalue weighted by Crippen LogP contribution is 2.36. The van der Waals surface area contributed by atoms with Gasteiger partial charge in [-0.3, -0.25) is 4.79 Å². The summed E-state index contributed by atoms with van der Waals surface area (Å²) in [5.74, 6) is 0.763.